The highest BCUT2D eigenvalue weighted by Gasteiger charge is 2.12. The number of aromatic amines is 1. The summed E-state index contributed by atoms with van der Waals surface area (Å²) in [5, 5.41) is 1.20. The predicted octanol–water partition coefficient (Wildman–Crippen LogP) is 2.15. The number of nitrogens with two attached hydrogens (primary N) is 1. The van der Waals surface area contributed by atoms with Crippen molar-refractivity contribution in [1.29, 1.82) is 0 Å². The van der Waals surface area contributed by atoms with Gasteiger partial charge in [0.2, 0.25) is 5.91 Å². The molecular weight excluding hydrogens is 212 g/mol. The Labute approximate surface area is 98.6 Å². The monoisotopic (exact) mass is 224 g/mol. The van der Waals surface area contributed by atoms with Crippen LogP contribution in [0.2, 0.25) is 0 Å². The first-order valence-electron chi connectivity index (χ1n) is 5.53. The molecule has 0 fully saturated rings. The predicted molar refractivity (Wildman–Crippen MR) is 68.3 cm³/mol. The summed E-state index contributed by atoms with van der Waals surface area (Å²) >= 11 is 0. The molecule has 1 aromatic heterocycles. The van der Waals surface area contributed by atoms with Gasteiger partial charge in [0.15, 0.2) is 0 Å². The van der Waals surface area contributed by atoms with Crippen LogP contribution < -0.4 is 5.73 Å². The number of fused-ring (bicyclic) bond motifs is 3. The van der Waals surface area contributed by atoms with Crippen LogP contribution in [0.3, 0.4) is 0 Å². The van der Waals surface area contributed by atoms with E-state index in [1.54, 1.807) is 6.08 Å². The number of hydrogen-bond donors (Lipinski definition) is 2. The maximum absolute atomic E-state index is 11.2. The summed E-state index contributed by atoms with van der Waals surface area (Å²) in [7, 11) is 0. The third-order valence-corrected chi connectivity index (χ3v) is 3.05. The molecule has 1 aliphatic carbocycles. The number of para-hydroxylation sites is 1. The normalized spacial score (nSPS) is 14.2. The van der Waals surface area contributed by atoms with Crippen molar-refractivity contribution in [3.05, 3.63) is 53.2 Å². The van der Waals surface area contributed by atoms with Crippen molar-refractivity contribution in [3.63, 3.8) is 0 Å². The van der Waals surface area contributed by atoms with Crippen molar-refractivity contribution in [2.75, 3.05) is 0 Å². The number of nitrogens with one attached hydrogen (secondary N) is 1. The average Bonchev–Trinajstić information content (AvgIpc) is 2.53. The number of aromatic nitrogens is 1. The van der Waals surface area contributed by atoms with E-state index < -0.39 is 5.91 Å². The molecule has 17 heavy (non-hydrogen) atoms. The fraction of sp³-hybridized carbons (Fsp3) is 0.0714. The van der Waals surface area contributed by atoms with Gasteiger partial charge in [0.25, 0.3) is 0 Å². The van der Waals surface area contributed by atoms with Crippen LogP contribution in [0.4, 0.5) is 0 Å². The molecule has 84 valence electrons. The van der Waals surface area contributed by atoms with Crippen molar-refractivity contribution in [3.8, 4) is 0 Å². The molecule has 0 aliphatic heterocycles. The molecule has 0 radical (unpaired) electrons. The fourth-order valence-electron chi connectivity index (χ4n) is 2.22. The van der Waals surface area contributed by atoms with Gasteiger partial charge in [0, 0.05) is 22.2 Å². The number of primary amides is 1. The Bertz CT molecular complexity index is 662. The molecule has 0 atom stereocenters. The van der Waals surface area contributed by atoms with Gasteiger partial charge < -0.3 is 10.7 Å². The van der Waals surface area contributed by atoms with Crippen molar-refractivity contribution >= 4 is 22.9 Å². The molecule has 0 bridgehead atoms. The van der Waals surface area contributed by atoms with Crippen LogP contribution in [0.15, 0.2) is 42.0 Å². The minimum absolute atomic E-state index is 0.396. The number of H-pyrrole nitrogens is 1. The van der Waals surface area contributed by atoms with E-state index in [4.69, 9.17) is 5.73 Å². The number of rotatable bonds is 1. The first kappa shape index (κ1) is 9.90. The van der Waals surface area contributed by atoms with Gasteiger partial charge in [0.05, 0.1) is 0 Å². The number of carbonyl (C=O) groups excluding carboxylic acids is 1. The molecule has 0 spiro atoms. The second kappa shape index (κ2) is 3.63. The Morgan fingerprint density at radius 1 is 1.29 bits per heavy atom. The highest BCUT2D eigenvalue weighted by molar-refractivity contribution is 6.01. The number of benzene rings is 1. The Balaban J connectivity index is 2.26. The van der Waals surface area contributed by atoms with E-state index in [9.17, 15) is 4.79 Å². The second-order valence-electron chi connectivity index (χ2n) is 4.13. The van der Waals surface area contributed by atoms with Crippen LogP contribution in [-0.4, -0.2) is 10.9 Å². The van der Waals surface area contributed by atoms with E-state index in [0.29, 0.717) is 5.57 Å². The molecule has 3 nitrogen and oxygen atoms in total. The summed E-state index contributed by atoms with van der Waals surface area (Å²) in [5.74, 6) is -0.396. The van der Waals surface area contributed by atoms with Crippen molar-refractivity contribution < 1.29 is 4.79 Å². The van der Waals surface area contributed by atoms with E-state index in [2.05, 4.69) is 11.1 Å². The number of amides is 1. The van der Waals surface area contributed by atoms with Gasteiger partial charge in [-0.3, -0.25) is 4.79 Å². The minimum Gasteiger partial charge on any atom is -0.366 e. The van der Waals surface area contributed by atoms with Gasteiger partial charge in [-0.25, -0.2) is 0 Å². The van der Waals surface area contributed by atoms with Crippen LogP contribution in [0.1, 0.15) is 11.3 Å². The van der Waals surface area contributed by atoms with Gasteiger partial charge in [-0.2, -0.15) is 0 Å². The first-order valence-corrected chi connectivity index (χ1v) is 5.53. The molecule has 0 saturated carbocycles. The van der Waals surface area contributed by atoms with E-state index >= 15 is 0 Å². The zero-order valence-electron chi connectivity index (χ0n) is 9.23. The number of hydrogen-bond acceptors (Lipinski definition) is 1. The summed E-state index contributed by atoms with van der Waals surface area (Å²) < 4.78 is 0. The quantitative estimate of drug-likeness (QED) is 0.766. The number of carbonyl (C=O) groups is 1. The highest BCUT2D eigenvalue weighted by Crippen LogP contribution is 2.26. The summed E-state index contributed by atoms with van der Waals surface area (Å²) in [6.45, 7) is 0. The zero-order valence-corrected chi connectivity index (χ0v) is 9.23. The molecule has 1 amide bonds. The van der Waals surface area contributed by atoms with Gasteiger partial charge in [0.1, 0.15) is 0 Å². The molecule has 3 N–H and O–H groups in total. The second-order valence-corrected chi connectivity index (χ2v) is 4.13. The summed E-state index contributed by atoms with van der Waals surface area (Å²) in [4.78, 5) is 14.5. The lowest BCUT2D eigenvalue weighted by molar-refractivity contribution is -0.114. The Morgan fingerprint density at radius 3 is 2.94 bits per heavy atom. The van der Waals surface area contributed by atoms with Crippen LogP contribution in [0.5, 0.6) is 0 Å². The first-order chi connectivity index (χ1) is 8.25. The lowest BCUT2D eigenvalue weighted by Gasteiger charge is -1.94. The molecule has 1 heterocycles. The molecular formula is C14H12N2O. The lowest BCUT2D eigenvalue weighted by Crippen LogP contribution is -2.12. The van der Waals surface area contributed by atoms with Gasteiger partial charge in [-0.1, -0.05) is 30.4 Å². The van der Waals surface area contributed by atoms with E-state index in [-0.39, 0.29) is 0 Å². The highest BCUT2D eigenvalue weighted by atomic mass is 16.1. The van der Waals surface area contributed by atoms with Crippen LogP contribution >= 0.6 is 0 Å². The molecule has 3 rings (SSSR count). The van der Waals surface area contributed by atoms with Crippen LogP contribution in [0, 0.1) is 0 Å². The van der Waals surface area contributed by atoms with Gasteiger partial charge in [-0.15, -0.1) is 0 Å². The topological polar surface area (TPSA) is 58.9 Å². The van der Waals surface area contributed by atoms with Crippen LogP contribution in [-0.2, 0) is 11.2 Å². The third-order valence-electron chi connectivity index (χ3n) is 3.05. The largest absolute Gasteiger partial charge is 0.366 e. The maximum atomic E-state index is 11.2. The van der Waals surface area contributed by atoms with Gasteiger partial charge >= 0.3 is 0 Å². The van der Waals surface area contributed by atoms with E-state index in [1.807, 2.05) is 30.4 Å². The van der Waals surface area contributed by atoms with E-state index in [1.165, 1.54) is 10.9 Å². The summed E-state index contributed by atoms with van der Waals surface area (Å²) in [6, 6.07) is 8.13. The maximum Gasteiger partial charge on any atom is 0.248 e. The SMILES string of the molecule is NC(=O)C1=Cc2[nH]c3ccccc3c2CC=C1. The van der Waals surface area contributed by atoms with Crippen molar-refractivity contribution in [2.24, 2.45) is 5.73 Å². The fourth-order valence-corrected chi connectivity index (χ4v) is 2.22. The average molecular weight is 224 g/mol. The molecule has 2 aromatic rings. The van der Waals surface area contributed by atoms with Crippen LogP contribution in [0.25, 0.3) is 17.0 Å². The minimum atomic E-state index is -0.396. The Hall–Kier alpha value is -2.29. The van der Waals surface area contributed by atoms with E-state index in [0.717, 1.165) is 17.6 Å². The van der Waals surface area contributed by atoms with Crippen molar-refractivity contribution in [2.45, 2.75) is 6.42 Å². The summed E-state index contributed by atoms with van der Waals surface area (Å²) in [5.41, 5.74) is 9.14. The third kappa shape index (κ3) is 1.56. The molecule has 1 aliphatic rings. The zero-order chi connectivity index (χ0) is 11.8. The molecule has 0 saturated heterocycles. The van der Waals surface area contributed by atoms with Gasteiger partial charge in [-0.05, 0) is 24.1 Å². The van der Waals surface area contributed by atoms with Crippen molar-refractivity contribution in [1.82, 2.24) is 4.98 Å². The molecule has 0 unspecified atom stereocenters. The Morgan fingerprint density at radius 2 is 2.12 bits per heavy atom. The number of allylic oxidation sites excluding steroid dienone is 1. The smallest absolute Gasteiger partial charge is 0.248 e. The Kier molecular flexibility index (Phi) is 2.11. The molecule has 3 heteroatoms. The lowest BCUT2D eigenvalue weighted by atomic mass is 10.1. The summed E-state index contributed by atoms with van der Waals surface area (Å²) in [6.07, 6.45) is 6.39. The standard InChI is InChI=1S/C14H12N2O/c15-14(17)9-4-3-6-11-10-5-1-2-7-12(10)16-13(11)8-9/h1-5,7-8,16H,6H2,(H2,15,17). The molecule has 1 aromatic carbocycles.